The van der Waals surface area contributed by atoms with Gasteiger partial charge in [0.25, 0.3) is 5.97 Å². The molecule has 0 N–H and O–H groups in total. The standard InChI is InChI=1S/C13H14ClO3S.Li/c1-3-9(13(16)17-4-2)12(15)10-7-8(18)5-6-11(10)14;/h5-7,18H,3-4H2,1-2H3;/q-1;+1. The molecule has 6 heteroatoms. The Labute approximate surface area is 135 Å². The molecule has 0 fully saturated rings. The van der Waals surface area contributed by atoms with Crippen molar-refractivity contribution in [3.05, 3.63) is 34.7 Å². The molecule has 0 bridgehead atoms. The van der Waals surface area contributed by atoms with E-state index < -0.39 is 11.8 Å². The van der Waals surface area contributed by atoms with Gasteiger partial charge in [0.2, 0.25) is 0 Å². The number of halogens is 1. The minimum Gasteiger partial charge on any atom is -0.476 e. The van der Waals surface area contributed by atoms with E-state index in [1.165, 1.54) is 0 Å². The molecule has 0 radical (unpaired) electrons. The molecule has 0 atom stereocenters. The van der Waals surface area contributed by atoms with Crippen molar-refractivity contribution in [2.24, 2.45) is 0 Å². The third-order valence-corrected chi connectivity index (χ3v) is 2.95. The molecule has 1 rings (SSSR count). The molecule has 0 saturated carbocycles. The summed E-state index contributed by atoms with van der Waals surface area (Å²) >= 11 is 10.1. The maximum atomic E-state index is 12.2. The summed E-state index contributed by atoms with van der Waals surface area (Å²) in [5.41, 5.74) is 0.272. The van der Waals surface area contributed by atoms with Gasteiger partial charge in [0, 0.05) is 5.78 Å². The Morgan fingerprint density at radius 3 is 2.53 bits per heavy atom. The molecular weight excluding hydrogens is 279 g/mol. The minimum atomic E-state index is -0.592. The number of carbonyl (C=O) groups is 2. The van der Waals surface area contributed by atoms with Gasteiger partial charge in [-0.2, -0.15) is 0 Å². The number of ether oxygens (including phenoxy) is 1. The third kappa shape index (κ3) is 4.81. The van der Waals surface area contributed by atoms with Crippen molar-refractivity contribution >= 4 is 36.0 Å². The van der Waals surface area contributed by atoms with E-state index in [0.717, 1.165) is 0 Å². The molecule has 0 aromatic heterocycles. The predicted octanol–water partition coefficient (Wildman–Crippen LogP) is 0.363. The van der Waals surface area contributed by atoms with Gasteiger partial charge in [-0.25, -0.2) is 0 Å². The molecule has 1 aromatic rings. The van der Waals surface area contributed by atoms with Gasteiger partial charge in [-0.05, 0) is 16.8 Å². The summed E-state index contributed by atoms with van der Waals surface area (Å²) in [6, 6.07) is 4.80. The van der Waals surface area contributed by atoms with Crippen molar-refractivity contribution in [3.8, 4) is 0 Å². The molecule has 98 valence electrons. The molecule has 0 saturated heterocycles. The molecule has 0 aliphatic heterocycles. The maximum Gasteiger partial charge on any atom is 1.00 e. The second kappa shape index (κ2) is 8.60. The SMILES string of the molecule is CCOC(=O)[C-](CC)C(=O)c1cc(S)ccc1Cl.[Li+]. The molecule has 3 nitrogen and oxygen atoms in total. The summed E-state index contributed by atoms with van der Waals surface area (Å²) in [4.78, 5) is 24.5. The summed E-state index contributed by atoms with van der Waals surface area (Å²) in [7, 11) is 0. The van der Waals surface area contributed by atoms with Crippen LogP contribution in [0.25, 0.3) is 0 Å². The number of thiol groups is 1. The van der Waals surface area contributed by atoms with E-state index in [1.807, 2.05) is 0 Å². The van der Waals surface area contributed by atoms with Crippen LogP contribution in [0.15, 0.2) is 23.1 Å². The van der Waals surface area contributed by atoms with Crippen molar-refractivity contribution in [1.29, 1.82) is 0 Å². The number of hydrogen-bond donors (Lipinski definition) is 1. The average Bonchev–Trinajstić information content (AvgIpc) is 2.33. The van der Waals surface area contributed by atoms with Gasteiger partial charge in [-0.15, -0.1) is 35.9 Å². The molecular formula is C13H14ClLiO3S. The van der Waals surface area contributed by atoms with E-state index in [-0.39, 0.29) is 36.9 Å². The number of ketones is 1. The van der Waals surface area contributed by atoms with Crippen molar-refractivity contribution < 1.29 is 33.2 Å². The van der Waals surface area contributed by atoms with Gasteiger partial charge < -0.3 is 9.53 Å². The van der Waals surface area contributed by atoms with E-state index in [0.29, 0.717) is 16.3 Å². The largest absolute Gasteiger partial charge is 1.00 e. The van der Waals surface area contributed by atoms with Crippen molar-refractivity contribution in [3.63, 3.8) is 0 Å². The van der Waals surface area contributed by atoms with Gasteiger partial charge in [0.05, 0.1) is 6.61 Å². The van der Waals surface area contributed by atoms with Crippen molar-refractivity contribution in [1.82, 2.24) is 0 Å². The number of esters is 1. The van der Waals surface area contributed by atoms with Gasteiger partial charge in [0.15, 0.2) is 0 Å². The van der Waals surface area contributed by atoms with Crippen LogP contribution in [0.5, 0.6) is 0 Å². The van der Waals surface area contributed by atoms with E-state index in [2.05, 4.69) is 12.6 Å². The number of benzene rings is 1. The number of Topliss-reactive ketones (excluding diaryl/α,β-unsaturated/α-hetero) is 1. The van der Waals surface area contributed by atoms with Crippen molar-refractivity contribution in [2.75, 3.05) is 6.61 Å². The van der Waals surface area contributed by atoms with Crippen LogP contribution in [-0.2, 0) is 9.53 Å². The predicted molar refractivity (Wildman–Crippen MR) is 73.2 cm³/mol. The van der Waals surface area contributed by atoms with Gasteiger partial charge in [-0.3, -0.25) is 4.79 Å². The molecule has 0 amide bonds. The summed E-state index contributed by atoms with van der Waals surface area (Å²) in [5, 5.41) is 0.299. The molecule has 1 aromatic carbocycles. The Balaban J connectivity index is 0.00000324. The van der Waals surface area contributed by atoms with Crippen LogP contribution < -0.4 is 18.9 Å². The number of hydrogen-bond acceptors (Lipinski definition) is 4. The van der Waals surface area contributed by atoms with Crippen LogP contribution >= 0.6 is 24.2 Å². The fourth-order valence-corrected chi connectivity index (χ4v) is 1.87. The first kappa shape index (κ1) is 18.5. The van der Waals surface area contributed by atoms with E-state index in [4.69, 9.17) is 16.3 Å². The Bertz CT molecular complexity index is 465. The van der Waals surface area contributed by atoms with E-state index >= 15 is 0 Å². The smallest absolute Gasteiger partial charge is 0.476 e. The van der Waals surface area contributed by atoms with Crippen LogP contribution in [0.3, 0.4) is 0 Å². The van der Waals surface area contributed by atoms with Gasteiger partial charge >= 0.3 is 18.9 Å². The second-order valence-corrected chi connectivity index (χ2v) is 4.47. The molecule has 0 spiro atoms. The quantitative estimate of drug-likeness (QED) is 0.213. The third-order valence-electron chi connectivity index (χ3n) is 2.34. The Kier molecular flexibility index (Phi) is 8.36. The molecule has 0 aliphatic carbocycles. The first-order chi connectivity index (χ1) is 8.51. The Morgan fingerprint density at radius 1 is 1.37 bits per heavy atom. The van der Waals surface area contributed by atoms with Crippen LogP contribution in [-0.4, -0.2) is 18.4 Å². The summed E-state index contributed by atoms with van der Waals surface area (Å²) < 4.78 is 4.85. The normalized spacial score (nSPS) is 9.47. The molecule has 0 heterocycles. The van der Waals surface area contributed by atoms with E-state index in [1.54, 1.807) is 32.0 Å². The molecule has 0 aliphatic rings. The zero-order chi connectivity index (χ0) is 13.7. The Hall–Kier alpha value is -0.533. The first-order valence-corrected chi connectivity index (χ1v) is 6.39. The summed E-state index contributed by atoms with van der Waals surface area (Å²) in [6.45, 7) is 3.65. The zero-order valence-electron chi connectivity index (χ0n) is 11.2. The monoisotopic (exact) mass is 292 g/mol. The topological polar surface area (TPSA) is 43.4 Å². The Morgan fingerprint density at radius 2 is 2.00 bits per heavy atom. The average molecular weight is 293 g/mol. The van der Waals surface area contributed by atoms with Gasteiger partial charge in [0.1, 0.15) is 0 Å². The minimum absolute atomic E-state index is 0. The first-order valence-electron chi connectivity index (χ1n) is 5.57. The van der Waals surface area contributed by atoms with Crippen LogP contribution in [0.4, 0.5) is 0 Å². The van der Waals surface area contributed by atoms with Crippen molar-refractivity contribution in [2.45, 2.75) is 25.2 Å². The fourth-order valence-electron chi connectivity index (χ4n) is 1.47. The van der Waals surface area contributed by atoms with Gasteiger partial charge in [-0.1, -0.05) is 31.4 Å². The van der Waals surface area contributed by atoms with Crippen LogP contribution in [0, 0.1) is 5.92 Å². The van der Waals surface area contributed by atoms with Crippen LogP contribution in [0.2, 0.25) is 5.02 Å². The number of carbonyl (C=O) groups excluding carboxylic acids is 2. The molecule has 0 unspecified atom stereocenters. The maximum absolute atomic E-state index is 12.2. The van der Waals surface area contributed by atoms with Crippen LogP contribution in [0.1, 0.15) is 30.6 Å². The molecule has 19 heavy (non-hydrogen) atoms. The number of rotatable bonds is 5. The summed E-state index contributed by atoms with van der Waals surface area (Å²) in [6.07, 6.45) is 0.296. The summed E-state index contributed by atoms with van der Waals surface area (Å²) in [5.74, 6) is -0.903. The second-order valence-electron chi connectivity index (χ2n) is 3.55. The van der Waals surface area contributed by atoms with E-state index in [9.17, 15) is 9.59 Å². The fraction of sp³-hybridized carbons (Fsp3) is 0.308. The zero-order valence-corrected chi connectivity index (χ0v) is 12.8.